The molecule has 2 aliphatic rings. The van der Waals surface area contributed by atoms with Crippen LogP contribution < -0.4 is 0 Å². The standard InChI is InChI=1S/C14H23NO4/c1-9-7-19-8-10(2)15(9)13(16)11-4-3-5-12(6-11)14(17)18/h9-12H,3-8H2,1-2H3,(H,17,18). The molecule has 19 heavy (non-hydrogen) atoms. The first kappa shape index (κ1) is 14.3. The summed E-state index contributed by atoms with van der Waals surface area (Å²) in [5, 5.41) is 9.11. The zero-order valence-electron chi connectivity index (χ0n) is 11.7. The number of carbonyl (C=O) groups is 2. The quantitative estimate of drug-likeness (QED) is 0.825. The molecule has 1 N–H and O–H groups in total. The first-order valence-electron chi connectivity index (χ1n) is 7.13. The van der Waals surface area contributed by atoms with Crippen LogP contribution in [0.5, 0.6) is 0 Å². The molecule has 0 radical (unpaired) electrons. The number of hydrogen-bond acceptors (Lipinski definition) is 3. The van der Waals surface area contributed by atoms with Crippen LogP contribution in [0.1, 0.15) is 39.5 Å². The SMILES string of the molecule is CC1COCC(C)N1C(=O)C1CCCC(C(=O)O)C1. The fourth-order valence-electron chi connectivity index (χ4n) is 3.29. The van der Waals surface area contributed by atoms with Crippen LogP contribution >= 0.6 is 0 Å². The lowest BCUT2D eigenvalue weighted by Gasteiger charge is -2.41. The van der Waals surface area contributed by atoms with Crippen LogP contribution in [0.25, 0.3) is 0 Å². The second-order valence-electron chi connectivity index (χ2n) is 5.88. The lowest BCUT2D eigenvalue weighted by Crippen LogP contribution is -2.54. The summed E-state index contributed by atoms with van der Waals surface area (Å²) < 4.78 is 5.43. The van der Waals surface area contributed by atoms with Crippen molar-refractivity contribution >= 4 is 11.9 Å². The molecule has 4 unspecified atom stereocenters. The molecule has 1 aliphatic carbocycles. The third-order valence-electron chi connectivity index (χ3n) is 4.30. The molecule has 0 aromatic carbocycles. The maximum absolute atomic E-state index is 12.6. The number of aliphatic carboxylic acids is 1. The van der Waals surface area contributed by atoms with Crippen molar-refractivity contribution in [2.24, 2.45) is 11.8 Å². The molecule has 5 heteroatoms. The van der Waals surface area contributed by atoms with Gasteiger partial charge in [0.2, 0.25) is 5.91 Å². The summed E-state index contributed by atoms with van der Waals surface area (Å²) in [6, 6.07) is 0.169. The average Bonchev–Trinajstić information content (AvgIpc) is 2.38. The molecule has 0 bridgehead atoms. The van der Waals surface area contributed by atoms with Crippen LogP contribution in [-0.4, -0.2) is 47.2 Å². The zero-order valence-corrected chi connectivity index (χ0v) is 11.7. The molecule has 1 heterocycles. The van der Waals surface area contributed by atoms with Crippen molar-refractivity contribution in [1.29, 1.82) is 0 Å². The normalized spacial score (nSPS) is 36.0. The van der Waals surface area contributed by atoms with E-state index in [1.807, 2.05) is 18.7 Å². The molecule has 2 fully saturated rings. The van der Waals surface area contributed by atoms with Gasteiger partial charge in [-0.1, -0.05) is 6.42 Å². The second kappa shape index (κ2) is 5.90. The molecule has 2 rings (SSSR count). The topological polar surface area (TPSA) is 66.8 Å². The molecule has 108 valence electrons. The van der Waals surface area contributed by atoms with Crippen molar-refractivity contribution in [1.82, 2.24) is 4.90 Å². The molecule has 1 saturated heterocycles. The van der Waals surface area contributed by atoms with Crippen LogP contribution in [0.3, 0.4) is 0 Å². The summed E-state index contributed by atoms with van der Waals surface area (Å²) in [5.41, 5.74) is 0. The third kappa shape index (κ3) is 3.08. The van der Waals surface area contributed by atoms with Crippen LogP contribution in [0.15, 0.2) is 0 Å². The molecule has 0 spiro atoms. The number of carboxylic acids is 1. The zero-order chi connectivity index (χ0) is 14.0. The largest absolute Gasteiger partial charge is 0.481 e. The number of morpholine rings is 1. The number of ether oxygens (including phenoxy) is 1. The van der Waals surface area contributed by atoms with Crippen molar-refractivity contribution < 1.29 is 19.4 Å². The summed E-state index contributed by atoms with van der Waals surface area (Å²) in [4.78, 5) is 25.6. The maximum atomic E-state index is 12.6. The van der Waals surface area contributed by atoms with E-state index in [9.17, 15) is 9.59 Å². The van der Waals surface area contributed by atoms with Gasteiger partial charge >= 0.3 is 5.97 Å². The highest BCUT2D eigenvalue weighted by atomic mass is 16.5. The van der Waals surface area contributed by atoms with Gasteiger partial charge in [-0.05, 0) is 33.1 Å². The van der Waals surface area contributed by atoms with E-state index in [4.69, 9.17) is 9.84 Å². The van der Waals surface area contributed by atoms with E-state index in [1.165, 1.54) is 0 Å². The monoisotopic (exact) mass is 269 g/mol. The van der Waals surface area contributed by atoms with E-state index in [0.717, 1.165) is 12.8 Å². The van der Waals surface area contributed by atoms with E-state index in [0.29, 0.717) is 26.1 Å². The first-order chi connectivity index (χ1) is 9.00. The summed E-state index contributed by atoms with van der Waals surface area (Å²) in [6.07, 6.45) is 2.85. The van der Waals surface area contributed by atoms with E-state index in [-0.39, 0.29) is 29.8 Å². The fraction of sp³-hybridized carbons (Fsp3) is 0.857. The Balaban J connectivity index is 2.03. The molecule has 5 nitrogen and oxygen atoms in total. The van der Waals surface area contributed by atoms with Gasteiger partial charge in [0, 0.05) is 5.92 Å². The Bertz CT molecular complexity index is 347. The molecule has 1 aliphatic heterocycles. The number of carboxylic acid groups (broad SMARTS) is 1. The van der Waals surface area contributed by atoms with Gasteiger partial charge in [0.15, 0.2) is 0 Å². The molecule has 1 amide bonds. The van der Waals surface area contributed by atoms with Gasteiger partial charge in [-0.15, -0.1) is 0 Å². The highest BCUT2D eigenvalue weighted by Crippen LogP contribution is 2.32. The average molecular weight is 269 g/mol. The Hall–Kier alpha value is -1.10. The number of hydrogen-bond donors (Lipinski definition) is 1. The van der Waals surface area contributed by atoms with E-state index >= 15 is 0 Å². The van der Waals surface area contributed by atoms with Crippen molar-refractivity contribution in [2.75, 3.05) is 13.2 Å². The molecule has 4 atom stereocenters. The van der Waals surface area contributed by atoms with Crippen LogP contribution in [0, 0.1) is 11.8 Å². The highest BCUT2D eigenvalue weighted by molar-refractivity contribution is 5.81. The Morgan fingerprint density at radius 1 is 1.11 bits per heavy atom. The van der Waals surface area contributed by atoms with Gasteiger partial charge in [-0.25, -0.2) is 0 Å². The van der Waals surface area contributed by atoms with Crippen molar-refractivity contribution in [3.63, 3.8) is 0 Å². The summed E-state index contributed by atoms with van der Waals surface area (Å²) in [7, 11) is 0. The van der Waals surface area contributed by atoms with E-state index < -0.39 is 5.97 Å². The summed E-state index contributed by atoms with van der Waals surface area (Å²) in [5.74, 6) is -1.12. The van der Waals surface area contributed by atoms with Gasteiger partial charge in [0.1, 0.15) is 0 Å². The minimum Gasteiger partial charge on any atom is -0.481 e. The fourth-order valence-corrected chi connectivity index (χ4v) is 3.29. The minimum atomic E-state index is -0.763. The van der Waals surface area contributed by atoms with E-state index in [2.05, 4.69) is 0 Å². The van der Waals surface area contributed by atoms with Gasteiger partial charge < -0.3 is 14.7 Å². The molecular formula is C14H23NO4. The number of rotatable bonds is 2. The highest BCUT2D eigenvalue weighted by Gasteiger charge is 2.37. The summed E-state index contributed by atoms with van der Waals surface area (Å²) >= 11 is 0. The van der Waals surface area contributed by atoms with Crippen molar-refractivity contribution in [2.45, 2.75) is 51.6 Å². The lowest BCUT2D eigenvalue weighted by atomic mass is 9.80. The molecule has 0 aromatic heterocycles. The van der Waals surface area contributed by atoms with Gasteiger partial charge in [0.25, 0.3) is 0 Å². The Kier molecular flexibility index (Phi) is 4.45. The molecule has 1 saturated carbocycles. The van der Waals surface area contributed by atoms with Gasteiger partial charge in [-0.2, -0.15) is 0 Å². The number of carbonyl (C=O) groups excluding carboxylic acids is 1. The van der Waals surface area contributed by atoms with Gasteiger partial charge in [-0.3, -0.25) is 9.59 Å². The third-order valence-corrected chi connectivity index (χ3v) is 4.30. The maximum Gasteiger partial charge on any atom is 0.306 e. The van der Waals surface area contributed by atoms with Crippen LogP contribution in [0.2, 0.25) is 0 Å². The summed E-state index contributed by atoms with van der Waals surface area (Å²) in [6.45, 7) is 5.13. The number of amides is 1. The van der Waals surface area contributed by atoms with Gasteiger partial charge in [0.05, 0.1) is 31.2 Å². The predicted molar refractivity (Wildman–Crippen MR) is 69.7 cm³/mol. The van der Waals surface area contributed by atoms with Crippen molar-refractivity contribution in [3.05, 3.63) is 0 Å². The second-order valence-corrected chi connectivity index (χ2v) is 5.88. The Morgan fingerprint density at radius 2 is 1.68 bits per heavy atom. The number of nitrogens with zero attached hydrogens (tertiary/aromatic N) is 1. The Morgan fingerprint density at radius 3 is 2.26 bits per heavy atom. The van der Waals surface area contributed by atoms with E-state index in [1.54, 1.807) is 0 Å². The minimum absolute atomic E-state index is 0.0847. The van der Waals surface area contributed by atoms with Crippen LogP contribution in [-0.2, 0) is 14.3 Å². The smallest absolute Gasteiger partial charge is 0.306 e. The Labute approximate surface area is 113 Å². The van der Waals surface area contributed by atoms with Crippen molar-refractivity contribution in [3.8, 4) is 0 Å². The lowest BCUT2D eigenvalue weighted by molar-refractivity contribution is -0.152. The predicted octanol–water partition coefficient (Wildman–Crippen LogP) is 1.51. The first-order valence-corrected chi connectivity index (χ1v) is 7.13. The molecule has 0 aromatic rings. The molecular weight excluding hydrogens is 246 g/mol. The van der Waals surface area contributed by atoms with Crippen LogP contribution in [0.4, 0.5) is 0 Å².